The average molecular weight is 322 g/mol. The Hall–Kier alpha value is -1.36. The number of aromatic nitrogens is 2. The molecule has 0 bridgehead atoms. The summed E-state index contributed by atoms with van der Waals surface area (Å²) < 4.78 is 1.61. The standard InChI is InChI=1S/C18H34N4O/c1-5-7-9-13-22(14-10-8-6-2)15-16(3)20-18(23)17-11-12-19-21(17)4/h11-12,16H,5-10,13-15H2,1-4H3,(H,20,23). The molecule has 5 heteroatoms. The van der Waals surface area contributed by atoms with Crippen LogP contribution in [0.3, 0.4) is 0 Å². The molecular weight excluding hydrogens is 288 g/mol. The van der Waals surface area contributed by atoms with E-state index in [0.717, 1.165) is 19.6 Å². The van der Waals surface area contributed by atoms with Crippen LogP contribution < -0.4 is 5.32 Å². The van der Waals surface area contributed by atoms with E-state index < -0.39 is 0 Å². The lowest BCUT2D eigenvalue weighted by atomic mass is 10.2. The Morgan fingerprint density at radius 2 is 1.83 bits per heavy atom. The normalized spacial score (nSPS) is 12.6. The molecule has 0 aliphatic heterocycles. The summed E-state index contributed by atoms with van der Waals surface area (Å²) in [6, 6.07) is 1.89. The van der Waals surface area contributed by atoms with Gasteiger partial charge in [-0.2, -0.15) is 5.10 Å². The minimum atomic E-state index is -0.0421. The van der Waals surface area contributed by atoms with Crippen LogP contribution in [0.25, 0.3) is 0 Å². The SMILES string of the molecule is CCCCCN(CCCCC)CC(C)NC(=O)c1ccnn1C. The number of carbonyl (C=O) groups excluding carboxylic acids is 1. The lowest BCUT2D eigenvalue weighted by Gasteiger charge is -2.26. The number of aryl methyl sites for hydroxylation is 1. The molecule has 5 nitrogen and oxygen atoms in total. The van der Waals surface area contributed by atoms with Crippen LogP contribution in [0, 0.1) is 0 Å². The molecule has 0 radical (unpaired) electrons. The summed E-state index contributed by atoms with van der Waals surface area (Å²) in [4.78, 5) is 14.7. The third-order valence-electron chi connectivity index (χ3n) is 4.12. The van der Waals surface area contributed by atoms with Crippen molar-refractivity contribution < 1.29 is 4.79 Å². The molecule has 1 N–H and O–H groups in total. The number of nitrogens with one attached hydrogen (secondary N) is 1. The van der Waals surface area contributed by atoms with Crippen molar-refractivity contribution in [3.63, 3.8) is 0 Å². The Morgan fingerprint density at radius 3 is 2.30 bits per heavy atom. The molecule has 1 amide bonds. The second kappa shape index (κ2) is 11.2. The fourth-order valence-electron chi connectivity index (χ4n) is 2.79. The van der Waals surface area contributed by atoms with Crippen molar-refractivity contribution in [1.29, 1.82) is 0 Å². The predicted molar refractivity (Wildman–Crippen MR) is 95.6 cm³/mol. The molecule has 0 saturated carbocycles. The van der Waals surface area contributed by atoms with E-state index >= 15 is 0 Å². The largest absolute Gasteiger partial charge is 0.347 e. The van der Waals surface area contributed by atoms with Gasteiger partial charge in [-0.3, -0.25) is 9.48 Å². The maximum atomic E-state index is 12.2. The van der Waals surface area contributed by atoms with E-state index in [4.69, 9.17) is 0 Å². The second-order valence-electron chi connectivity index (χ2n) is 6.43. The van der Waals surface area contributed by atoms with E-state index in [0.29, 0.717) is 5.69 Å². The van der Waals surface area contributed by atoms with Crippen molar-refractivity contribution >= 4 is 5.91 Å². The van der Waals surface area contributed by atoms with Gasteiger partial charge in [-0.15, -0.1) is 0 Å². The van der Waals surface area contributed by atoms with Crippen LogP contribution in [0.5, 0.6) is 0 Å². The smallest absolute Gasteiger partial charge is 0.269 e. The Balaban J connectivity index is 2.45. The van der Waals surface area contributed by atoms with E-state index in [1.807, 2.05) is 0 Å². The van der Waals surface area contributed by atoms with Crippen LogP contribution in [0.15, 0.2) is 12.3 Å². The fourth-order valence-corrected chi connectivity index (χ4v) is 2.79. The molecule has 1 unspecified atom stereocenters. The van der Waals surface area contributed by atoms with Gasteiger partial charge in [0, 0.05) is 25.8 Å². The van der Waals surface area contributed by atoms with Crippen LogP contribution in [-0.4, -0.2) is 46.3 Å². The van der Waals surface area contributed by atoms with Crippen LogP contribution in [0.2, 0.25) is 0 Å². The molecule has 1 atom stereocenters. The van der Waals surface area contributed by atoms with Crippen molar-refractivity contribution in [2.24, 2.45) is 7.05 Å². The van der Waals surface area contributed by atoms with Gasteiger partial charge in [-0.25, -0.2) is 0 Å². The summed E-state index contributed by atoms with van der Waals surface area (Å²) in [5, 5.41) is 7.14. The fraction of sp³-hybridized carbons (Fsp3) is 0.778. The first-order valence-corrected chi connectivity index (χ1v) is 9.09. The maximum Gasteiger partial charge on any atom is 0.269 e. The predicted octanol–water partition coefficient (Wildman–Crippen LogP) is 3.22. The van der Waals surface area contributed by atoms with Crippen molar-refractivity contribution in [3.05, 3.63) is 18.0 Å². The summed E-state index contributed by atoms with van der Waals surface area (Å²) >= 11 is 0. The molecule has 1 aromatic rings. The van der Waals surface area contributed by atoms with Gasteiger partial charge in [0.25, 0.3) is 5.91 Å². The molecule has 1 rings (SSSR count). The van der Waals surface area contributed by atoms with Crippen molar-refractivity contribution in [2.45, 2.75) is 65.3 Å². The number of rotatable bonds is 12. The summed E-state index contributed by atoms with van der Waals surface area (Å²) in [5.74, 6) is -0.0421. The third-order valence-corrected chi connectivity index (χ3v) is 4.12. The first-order valence-electron chi connectivity index (χ1n) is 9.09. The quantitative estimate of drug-likeness (QED) is 0.601. The molecular formula is C18H34N4O. The van der Waals surface area contributed by atoms with E-state index in [9.17, 15) is 4.79 Å². The van der Waals surface area contributed by atoms with Crippen molar-refractivity contribution in [2.75, 3.05) is 19.6 Å². The number of nitrogens with zero attached hydrogens (tertiary/aromatic N) is 3. The number of hydrogen-bond donors (Lipinski definition) is 1. The summed E-state index contributed by atoms with van der Waals surface area (Å²) in [6.45, 7) is 9.72. The zero-order valence-corrected chi connectivity index (χ0v) is 15.3. The lowest BCUT2D eigenvalue weighted by molar-refractivity contribution is 0.0919. The van der Waals surface area contributed by atoms with Gasteiger partial charge in [0.15, 0.2) is 0 Å². The van der Waals surface area contributed by atoms with E-state index in [-0.39, 0.29) is 11.9 Å². The average Bonchev–Trinajstić information content (AvgIpc) is 2.93. The van der Waals surface area contributed by atoms with Crippen LogP contribution in [0.4, 0.5) is 0 Å². The number of amides is 1. The van der Waals surface area contributed by atoms with Crippen molar-refractivity contribution in [3.8, 4) is 0 Å². The first-order chi connectivity index (χ1) is 11.1. The van der Waals surface area contributed by atoms with E-state index in [2.05, 4.69) is 36.1 Å². The lowest BCUT2D eigenvalue weighted by Crippen LogP contribution is -2.43. The molecule has 0 aliphatic rings. The monoisotopic (exact) mass is 322 g/mol. The van der Waals surface area contributed by atoms with Gasteiger partial charge >= 0.3 is 0 Å². The zero-order chi connectivity index (χ0) is 17.1. The summed E-state index contributed by atoms with van der Waals surface area (Å²) in [6.07, 6.45) is 9.18. The molecule has 1 heterocycles. The maximum absolute atomic E-state index is 12.2. The Labute approximate surface area is 141 Å². The highest BCUT2D eigenvalue weighted by Gasteiger charge is 2.15. The van der Waals surface area contributed by atoms with Crippen LogP contribution >= 0.6 is 0 Å². The topological polar surface area (TPSA) is 50.2 Å². The molecule has 23 heavy (non-hydrogen) atoms. The minimum absolute atomic E-state index is 0.0421. The van der Waals surface area contributed by atoms with Gasteiger partial charge in [-0.05, 0) is 38.9 Å². The Morgan fingerprint density at radius 1 is 1.22 bits per heavy atom. The zero-order valence-electron chi connectivity index (χ0n) is 15.3. The number of hydrogen-bond acceptors (Lipinski definition) is 3. The molecule has 1 aromatic heterocycles. The first kappa shape index (κ1) is 19.7. The molecule has 0 fully saturated rings. The van der Waals surface area contributed by atoms with Gasteiger partial charge in [-0.1, -0.05) is 39.5 Å². The van der Waals surface area contributed by atoms with Gasteiger partial charge in [0.2, 0.25) is 0 Å². The molecule has 0 spiro atoms. The van der Waals surface area contributed by atoms with Crippen LogP contribution in [-0.2, 0) is 7.05 Å². The molecule has 132 valence electrons. The highest BCUT2D eigenvalue weighted by Crippen LogP contribution is 2.05. The van der Waals surface area contributed by atoms with E-state index in [1.165, 1.54) is 38.5 Å². The summed E-state index contributed by atoms with van der Waals surface area (Å²) in [7, 11) is 1.79. The molecule has 0 aromatic carbocycles. The number of unbranched alkanes of at least 4 members (excludes halogenated alkanes) is 4. The van der Waals surface area contributed by atoms with Crippen molar-refractivity contribution in [1.82, 2.24) is 20.0 Å². The van der Waals surface area contributed by atoms with Gasteiger partial charge < -0.3 is 10.2 Å². The Kier molecular flexibility index (Phi) is 9.60. The van der Waals surface area contributed by atoms with Gasteiger partial charge in [0.1, 0.15) is 5.69 Å². The van der Waals surface area contributed by atoms with E-state index in [1.54, 1.807) is 24.0 Å². The molecule has 0 saturated heterocycles. The van der Waals surface area contributed by atoms with Crippen LogP contribution in [0.1, 0.15) is 69.8 Å². The molecule has 0 aliphatic carbocycles. The highest BCUT2D eigenvalue weighted by atomic mass is 16.2. The van der Waals surface area contributed by atoms with Gasteiger partial charge in [0.05, 0.1) is 0 Å². The third kappa shape index (κ3) is 7.64. The summed E-state index contributed by atoms with van der Waals surface area (Å²) in [5.41, 5.74) is 0.611. The second-order valence-corrected chi connectivity index (χ2v) is 6.43. The Bertz CT molecular complexity index is 434. The number of carbonyl (C=O) groups is 1. The highest BCUT2D eigenvalue weighted by molar-refractivity contribution is 5.92. The minimum Gasteiger partial charge on any atom is -0.347 e.